The Hall–Kier alpha value is -2.79. The highest BCUT2D eigenvalue weighted by Gasteiger charge is 2.21. The monoisotopic (exact) mass is 409 g/mol. The van der Waals surface area contributed by atoms with Crippen molar-refractivity contribution in [3.05, 3.63) is 65.7 Å². The second-order valence-corrected chi connectivity index (χ2v) is 7.43. The minimum atomic E-state index is -0.0281. The van der Waals surface area contributed by atoms with E-state index in [2.05, 4.69) is 6.92 Å². The van der Waals surface area contributed by atoms with Crippen LogP contribution in [-0.2, 0) is 16.1 Å². The number of ether oxygens (including phenoxy) is 3. The van der Waals surface area contributed by atoms with Crippen LogP contribution >= 0.6 is 0 Å². The number of methoxy groups -OCH3 is 1. The first-order valence-electron chi connectivity index (χ1n) is 10.6. The summed E-state index contributed by atoms with van der Waals surface area (Å²) in [5, 5.41) is 0. The number of nitrogens with zero attached hydrogens (tertiary/aromatic N) is 1. The van der Waals surface area contributed by atoms with Crippen molar-refractivity contribution in [1.82, 2.24) is 4.90 Å². The lowest BCUT2D eigenvalue weighted by atomic mass is 10.1. The van der Waals surface area contributed by atoms with E-state index in [4.69, 9.17) is 14.2 Å². The highest BCUT2D eigenvalue weighted by molar-refractivity contribution is 5.91. The highest BCUT2D eigenvalue weighted by atomic mass is 16.5. The van der Waals surface area contributed by atoms with Crippen LogP contribution in [-0.4, -0.2) is 43.8 Å². The van der Waals surface area contributed by atoms with Crippen molar-refractivity contribution in [3.8, 4) is 11.5 Å². The molecule has 30 heavy (non-hydrogen) atoms. The first-order chi connectivity index (χ1) is 14.7. The summed E-state index contributed by atoms with van der Waals surface area (Å²) < 4.78 is 16.9. The minimum absolute atomic E-state index is 0.0281. The predicted molar refractivity (Wildman–Crippen MR) is 119 cm³/mol. The van der Waals surface area contributed by atoms with Gasteiger partial charge in [0.1, 0.15) is 0 Å². The molecule has 5 heteroatoms. The van der Waals surface area contributed by atoms with Crippen LogP contribution in [0, 0.1) is 0 Å². The van der Waals surface area contributed by atoms with E-state index in [0.717, 1.165) is 37.0 Å². The summed E-state index contributed by atoms with van der Waals surface area (Å²) in [6.45, 7) is 4.65. The van der Waals surface area contributed by atoms with E-state index >= 15 is 0 Å². The van der Waals surface area contributed by atoms with Gasteiger partial charge in [0, 0.05) is 25.8 Å². The Morgan fingerprint density at radius 3 is 2.73 bits per heavy atom. The number of carbonyl (C=O) groups excluding carboxylic acids is 1. The molecule has 0 aliphatic carbocycles. The molecule has 1 aliphatic heterocycles. The van der Waals surface area contributed by atoms with Crippen LogP contribution in [0.15, 0.2) is 54.6 Å². The zero-order valence-electron chi connectivity index (χ0n) is 17.9. The van der Waals surface area contributed by atoms with Gasteiger partial charge in [0.2, 0.25) is 5.91 Å². The Balaban J connectivity index is 1.71. The SMILES string of the molecule is CCCOc1ccc(/C=C/C(=O)N(Cc2ccccc2)CC2CCCO2)cc1OC. The summed E-state index contributed by atoms with van der Waals surface area (Å²) in [5.41, 5.74) is 2.00. The van der Waals surface area contributed by atoms with Gasteiger partial charge in [-0.25, -0.2) is 0 Å². The van der Waals surface area contributed by atoms with Crippen molar-refractivity contribution < 1.29 is 19.0 Å². The normalized spacial score (nSPS) is 16.0. The highest BCUT2D eigenvalue weighted by Crippen LogP contribution is 2.28. The van der Waals surface area contributed by atoms with Crippen LogP contribution in [0.2, 0.25) is 0 Å². The number of hydrogen-bond acceptors (Lipinski definition) is 4. The summed E-state index contributed by atoms with van der Waals surface area (Å²) in [6.07, 6.45) is 6.54. The number of carbonyl (C=O) groups is 1. The molecule has 0 radical (unpaired) electrons. The van der Waals surface area contributed by atoms with E-state index in [1.807, 2.05) is 59.5 Å². The summed E-state index contributed by atoms with van der Waals surface area (Å²) in [4.78, 5) is 14.9. The van der Waals surface area contributed by atoms with Crippen LogP contribution in [0.4, 0.5) is 0 Å². The van der Waals surface area contributed by atoms with Gasteiger partial charge < -0.3 is 19.1 Å². The minimum Gasteiger partial charge on any atom is -0.493 e. The molecule has 1 fully saturated rings. The van der Waals surface area contributed by atoms with E-state index < -0.39 is 0 Å². The molecule has 1 aliphatic rings. The average Bonchev–Trinajstić information content (AvgIpc) is 3.29. The fourth-order valence-corrected chi connectivity index (χ4v) is 3.46. The van der Waals surface area contributed by atoms with Crippen LogP contribution in [0.3, 0.4) is 0 Å². The molecule has 1 saturated heterocycles. The summed E-state index contributed by atoms with van der Waals surface area (Å²) in [6, 6.07) is 15.8. The second-order valence-electron chi connectivity index (χ2n) is 7.43. The van der Waals surface area contributed by atoms with Gasteiger partial charge in [0.05, 0.1) is 19.8 Å². The maximum atomic E-state index is 13.0. The Labute approximate surface area is 179 Å². The first-order valence-corrected chi connectivity index (χ1v) is 10.6. The van der Waals surface area contributed by atoms with Gasteiger partial charge in [0.25, 0.3) is 0 Å². The zero-order chi connectivity index (χ0) is 21.2. The molecule has 0 N–H and O–H groups in total. The van der Waals surface area contributed by atoms with Gasteiger partial charge in [-0.05, 0) is 48.6 Å². The number of hydrogen-bond donors (Lipinski definition) is 0. The molecule has 0 saturated carbocycles. The van der Waals surface area contributed by atoms with Gasteiger partial charge in [0.15, 0.2) is 11.5 Å². The van der Waals surface area contributed by atoms with Gasteiger partial charge >= 0.3 is 0 Å². The number of benzene rings is 2. The fraction of sp³-hybridized carbons (Fsp3) is 0.400. The van der Waals surface area contributed by atoms with Crippen LogP contribution in [0.25, 0.3) is 6.08 Å². The molecule has 160 valence electrons. The van der Waals surface area contributed by atoms with Crippen molar-refractivity contribution in [2.24, 2.45) is 0 Å². The predicted octanol–water partition coefficient (Wildman–Crippen LogP) is 4.71. The third-order valence-electron chi connectivity index (χ3n) is 5.04. The molecule has 1 amide bonds. The molecule has 5 nitrogen and oxygen atoms in total. The van der Waals surface area contributed by atoms with Gasteiger partial charge in [-0.15, -0.1) is 0 Å². The molecular formula is C25H31NO4. The van der Waals surface area contributed by atoms with E-state index in [0.29, 0.717) is 31.2 Å². The lowest BCUT2D eigenvalue weighted by molar-refractivity contribution is -0.128. The Morgan fingerprint density at radius 2 is 2.03 bits per heavy atom. The van der Waals surface area contributed by atoms with Crippen LogP contribution < -0.4 is 9.47 Å². The Morgan fingerprint density at radius 1 is 1.20 bits per heavy atom. The van der Waals surface area contributed by atoms with Crippen LogP contribution in [0.5, 0.6) is 11.5 Å². The van der Waals surface area contributed by atoms with Crippen LogP contribution in [0.1, 0.15) is 37.3 Å². The van der Waals surface area contributed by atoms with E-state index in [9.17, 15) is 4.79 Å². The Bertz CT molecular complexity index is 828. The molecule has 0 spiro atoms. The van der Waals surface area contributed by atoms with Gasteiger partial charge in [-0.2, -0.15) is 0 Å². The summed E-state index contributed by atoms with van der Waals surface area (Å²) in [5.74, 6) is 1.35. The molecular weight excluding hydrogens is 378 g/mol. The van der Waals surface area contributed by atoms with Gasteiger partial charge in [-0.1, -0.05) is 43.3 Å². The molecule has 0 aromatic heterocycles. The Kier molecular flexibility index (Phi) is 8.33. The van der Waals surface area contributed by atoms with E-state index in [-0.39, 0.29) is 12.0 Å². The van der Waals surface area contributed by atoms with Crippen molar-refractivity contribution in [1.29, 1.82) is 0 Å². The molecule has 1 heterocycles. The third kappa shape index (κ3) is 6.36. The molecule has 0 bridgehead atoms. The second kappa shape index (κ2) is 11.4. The molecule has 2 aromatic carbocycles. The number of rotatable bonds is 10. The maximum absolute atomic E-state index is 13.0. The molecule has 1 unspecified atom stereocenters. The van der Waals surface area contributed by atoms with Crippen molar-refractivity contribution in [2.75, 3.05) is 26.9 Å². The van der Waals surface area contributed by atoms with Crippen molar-refractivity contribution >= 4 is 12.0 Å². The molecule has 3 rings (SSSR count). The van der Waals surface area contributed by atoms with Gasteiger partial charge in [-0.3, -0.25) is 4.79 Å². The topological polar surface area (TPSA) is 48.0 Å². The summed E-state index contributed by atoms with van der Waals surface area (Å²) in [7, 11) is 1.62. The van der Waals surface area contributed by atoms with E-state index in [1.165, 1.54) is 0 Å². The quantitative estimate of drug-likeness (QED) is 0.534. The maximum Gasteiger partial charge on any atom is 0.246 e. The molecule has 1 atom stereocenters. The smallest absolute Gasteiger partial charge is 0.246 e. The number of amides is 1. The lowest BCUT2D eigenvalue weighted by Crippen LogP contribution is -2.35. The molecule has 2 aromatic rings. The largest absolute Gasteiger partial charge is 0.493 e. The lowest BCUT2D eigenvalue weighted by Gasteiger charge is -2.24. The first kappa shape index (κ1) is 21.9. The zero-order valence-corrected chi connectivity index (χ0v) is 17.9. The third-order valence-corrected chi connectivity index (χ3v) is 5.04. The average molecular weight is 410 g/mol. The van der Waals surface area contributed by atoms with Crippen molar-refractivity contribution in [2.45, 2.75) is 38.8 Å². The standard InChI is InChI=1S/C25H31NO4/c1-3-15-30-23-13-11-20(17-24(23)28-2)12-14-25(27)26(19-22-10-7-16-29-22)18-21-8-5-4-6-9-21/h4-6,8-9,11-14,17,22H,3,7,10,15-16,18-19H2,1-2H3/b14-12+. The van der Waals surface area contributed by atoms with E-state index in [1.54, 1.807) is 13.2 Å². The fourth-order valence-electron chi connectivity index (χ4n) is 3.46. The summed E-state index contributed by atoms with van der Waals surface area (Å²) >= 11 is 0. The van der Waals surface area contributed by atoms with Crippen molar-refractivity contribution in [3.63, 3.8) is 0 Å².